The number of nitrogens with one attached hydrogen (secondary N) is 1. The van der Waals surface area contributed by atoms with E-state index in [1.54, 1.807) is 45.0 Å². The standard InChI is InChI=1S/C17H22ClNO4/c1-16(2,3)23-15(22)19-17(10-6-9-13(20)14(17)21)11-7-4-5-8-12(11)18/h4-5,7-8,13,20H,6,9-10H2,1-3H3,(H,19,22)/t13-,17+/m0/s1. The van der Waals surface area contributed by atoms with Crippen LogP contribution in [0, 0.1) is 0 Å². The van der Waals surface area contributed by atoms with Crippen LogP contribution in [0.25, 0.3) is 0 Å². The second kappa shape index (κ2) is 6.49. The third-order valence-corrected chi connectivity index (χ3v) is 4.13. The van der Waals surface area contributed by atoms with Gasteiger partial charge in [-0.25, -0.2) is 4.79 Å². The maximum Gasteiger partial charge on any atom is 0.408 e. The highest BCUT2D eigenvalue weighted by atomic mass is 35.5. The van der Waals surface area contributed by atoms with Crippen LogP contribution in [-0.2, 0) is 15.1 Å². The minimum Gasteiger partial charge on any atom is -0.444 e. The number of ether oxygens (including phenoxy) is 1. The molecule has 126 valence electrons. The van der Waals surface area contributed by atoms with Gasteiger partial charge in [0.25, 0.3) is 0 Å². The minimum atomic E-state index is -1.36. The van der Waals surface area contributed by atoms with Crippen LogP contribution in [0.3, 0.4) is 0 Å². The van der Waals surface area contributed by atoms with Crippen molar-refractivity contribution in [2.24, 2.45) is 0 Å². The Hall–Kier alpha value is -1.59. The van der Waals surface area contributed by atoms with Gasteiger partial charge in [-0.05, 0) is 46.1 Å². The number of carbonyl (C=O) groups excluding carboxylic acids is 2. The van der Waals surface area contributed by atoms with Crippen molar-refractivity contribution in [3.8, 4) is 0 Å². The molecule has 1 saturated carbocycles. The second-order valence-corrected chi connectivity index (χ2v) is 7.19. The van der Waals surface area contributed by atoms with Crippen molar-refractivity contribution in [1.82, 2.24) is 5.32 Å². The second-order valence-electron chi connectivity index (χ2n) is 6.78. The number of amides is 1. The highest BCUT2D eigenvalue weighted by Crippen LogP contribution is 2.38. The van der Waals surface area contributed by atoms with Crippen LogP contribution >= 0.6 is 11.6 Å². The van der Waals surface area contributed by atoms with Crippen LogP contribution in [0.4, 0.5) is 4.79 Å². The molecule has 0 aliphatic heterocycles. The fourth-order valence-corrected chi connectivity index (χ4v) is 3.14. The Morgan fingerprint density at radius 3 is 2.65 bits per heavy atom. The van der Waals surface area contributed by atoms with E-state index in [0.29, 0.717) is 29.8 Å². The number of hydrogen-bond donors (Lipinski definition) is 2. The molecule has 5 nitrogen and oxygen atoms in total. The Balaban J connectivity index is 2.42. The number of hydrogen-bond acceptors (Lipinski definition) is 4. The van der Waals surface area contributed by atoms with Crippen LogP contribution in [-0.4, -0.2) is 28.7 Å². The van der Waals surface area contributed by atoms with E-state index < -0.39 is 29.1 Å². The molecule has 0 saturated heterocycles. The van der Waals surface area contributed by atoms with Crippen molar-refractivity contribution in [2.45, 2.75) is 57.3 Å². The van der Waals surface area contributed by atoms with Crippen molar-refractivity contribution in [1.29, 1.82) is 0 Å². The summed E-state index contributed by atoms with van der Waals surface area (Å²) in [5.41, 5.74) is -1.57. The number of alkyl carbamates (subject to hydrolysis) is 1. The molecule has 1 fully saturated rings. The summed E-state index contributed by atoms with van der Waals surface area (Å²) in [6, 6.07) is 6.84. The van der Waals surface area contributed by atoms with E-state index in [-0.39, 0.29) is 0 Å². The first-order valence-corrected chi connectivity index (χ1v) is 8.02. The maximum absolute atomic E-state index is 12.7. The molecule has 0 unspecified atom stereocenters. The van der Waals surface area contributed by atoms with E-state index >= 15 is 0 Å². The summed E-state index contributed by atoms with van der Waals surface area (Å²) >= 11 is 6.25. The zero-order valence-corrected chi connectivity index (χ0v) is 14.3. The van der Waals surface area contributed by atoms with Gasteiger partial charge in [-0.3, -0.25) is 4.79 Å². The molecule has 0 spiro atoms. The first-order valence-electron chi connectivity index (χ1n) is 7.64. The summed E-state index contributed by atoms with van der Waals surface area (Å²) in [4.78, 5) is 25.0. The van der Waals surface area contributed by atoms with Gasteiger partial charge in [-0.2, -0.15) is 0 Å². The van der Waals surface area contributed by atoms with Crippen molar-refractivity contribution in [2.75, 3.05) is 0 Å². The average Bonchev–Trinajstić information content (AvgIpc) is 2.42. The number of rotatable bonds is 2. The van der Waals surface area contributed by atoms with Crippen molar-refractivity contribution in [3.63, 3.8) is 0 Å². The molecule has 0 bridgehead atoms. The summed E-state index contributed by atoms with van der Waals surface area (Å²) in [5, 5.41) is 13.1. The molecular weight excluding hydrogens is 318 g/mol. The lowest BCUT2D eigenvalue weighted by Gasteiger charge is -2.39. The predicted molar refractivity (Wildman–Crippen MR) is 87.4 cm³/mol. The Bertz CT molecular complexity index is 611. The van der Waals surface area contributed by atoms with Crippen LogP contribution in [0.2, 0.25) is 5.02 Å². The Kier molecular flexibility index (Phi) is 5.01. The molecule has 1 amide bonds. The number of carbonyl (C=O) groups is 2. The number of Topliss-reactive ketones (excluding diaryl/α,β-unsaturated/α-hetero) is 1. The summed E-state index contributed by atoms with van der Waals surface area (Å²) in [7, 11) is 0. The normalized spacial score (nSPS) is 25.1. The smallest absolute Gasteiger partial charge is 0.408 e. The van der Waals surface area contributed by atoms with Gasteiger partial charge < -0.3 is 15.2 Å². The lowest BCUT2D eigenvalue weighted by Crippen LogP contribution is -2.58. The first-order chi connectivity index (χ1) is 10.7. The zero-order chi connectivity index (χ0) is 17.3. The van der Waals surface area contributed by atoms with E-state index in [1.807, 2.05) is 0 Å². The molecule has 2 atom stereocenters. The molecule has 1 aromatic carbocycles. The summed E-state index contributed by atoms with van der Waals surface area (Å²) in [5.74, 6) is -0.456. The molecule has 0 aromatic heterocycles. The highest BCUT2D eigenvalue weighted by Gasteiger charge is 2.48. The quantitative estimate of drug-likeness (QED) is 0.867. The van der Waals surface area contributed by atoms with Gasteiger partial charge >= 0.3 is 6.09 Å². The minimum absolute atomic E-state index is 0.367. The average molecular weight is 340 g/mol. The molecule has 1 aliphatic rings. The van der Waals surface area contributed by atoms with E-state index in [2.05, 4.69) is 5.32 Å². The van der Waals surface area contributed by atoms with Crippen LogP contribution in [0.5, 0.6) is 0 Å². The molecule has 2 N–H and O–H groups in total. The summed E-state index contributed by atoms with van der Waals surface area (Å²) < 4.78 is 5.28. The molecular formula is C17H22ClNO4. The topological polar surface area (TPSA) is 75.6 Å². The SMILES string of the molecule is CC(C)(C)OC(=O)N[C@@]1(c2ccccc2Cl)CCC[C@H](O)C1=O. The number of aliphatic hydroxyl groups excluding tert-OH is 1. The van der Waals surface area contributed by atoms with E-state index in [9.17, 15) is 14.7 Å². The first kappa shape index (κ1) is 17.8. The lowest BCUT2D eigenvalue weighted by atomic mass is 9.74. The predicted octanol–water partition coefficient (Wildman–Crippen LogP) is 3.17. The monoisotopic (exact) mass is 339 g/mol. The number of halogens is 1. The molecule has 2 rings (SSSR count). The number of aliphatic hydroxyl groups is 1. The number of benzene rings is 1. The Morgan fingerprint density at radius 1 is 1.39 bits per heavy atom. The summed E-state index contributed by atoms with van der Waals surface area (Å²) in [6.45, 7) is 5.23. The number of ketones is 1. The van der Waals surface area contributed by atoms with Crippen LogP contribution in [0.15, 0.2) is 24.3 Å². The molecule has 1 aromatic rings. The van der Waals surface area contributed by atoms with Gasteiger partial charge in [0.2, 0.25) is 0 Å². The van der Waals surface area contributed by atoms with E-state index in [1.165, 1.54) is 0 Å². The maximum atomic E-state index is 12.7. The third kappa shape index (κ3) is 3.85. The largest absolute Gasteiger partial charge is 0.444 e. The van der Waals surface area contributed by atoms with Crippen molar-refractivity contribution < 1.29 is 19.4 Å². The fourth-order valence-electron chi connectivity index (χ4n) is 2.84. The lowest BCUT2D eigenvalue weighted by molar-refractivity contribution is -0.137. The fraction of sp³-hybridized carbons (Fsp3) is 0.529. The Labute approximate surface area is 141 Å². The third-order valence-electron chi connectivity index (χ3n) is 3.80. The van der Waals surface area contributed by atoms with Crippen molar-refractivity contribution in [3.05, 3.63) is 34.9 Å². The van der Waals surface area contributed by atoms with Gasteiger partial charge in [-0.15, -0.1) is 0 Å². The van der Waals surface area contributed by atoms with Gasteiger partial charge in [0.05, 0.1) is 0 Å². The summed E-state index contributed by atoms with van der Waals surface area (Å²) in [6.07, 6.45) is -0.504. The van der Waals surface area contributed by atoms with E-state index in [0.717, 1.165) is 0 Å². The van der Waals surface area contributed by atoms with Crippen LogP contribution < -0.4 is 5.32 Å². The molecule has 0 heterocycles. The molecule has 0 radical (unpaired) electrons. The Morgan fingerprint density at radius 2 is 2.04 bits per heavy atom. The van der Waals surface area contributed by atoms with Gasteiger partial charge in [0.15, 0.2) is 5.78 Å². The molecule has 6 heteroatoms. The van der Waals surface area contributed by atoms with E-state index in [4.69, 9.17) is 16.3 Å². The molecule has 1 aliphatic carbocycles. The zero-order valence-electron chi connectivity index (χ0n) is 13.6. The van der Waals surface area contributed by atoms with Crippen LogP contribution in [0.1, 0.15) is 45.6 Å². The van der Waals surface area contributed by atoms with Gasteiger partial charge in [0.1, 0.15) is 17.2 Å². The van der Waals surface area contributed by atoms with Gasteiger partial charge in [0, 0.05) is 10.6 Å². The molecule has 23 heavy (non-hydrogen) atoms. The van der Waals surface area contributed by atoms with Gasteiger partial charge in [-0.1, -0.05) is 29.8 Å². The van der Waals surface area contributed by atoms with Crippen molar-refractivity contribution >= 4 is 23.5 Å². The highest BCUT2D eigenvalue weighted by molar-refractivity contribution is 6.31.